The highest BCUT2D eigenvalue weighted by Gasteiger charge is 2.31. The van der Waals surface area contributed by atoms with Gasteiger partial charge in [0.1, 0.15) is 0 Å². The van der Waals surface area contributed by atoms with E-state index >= 15 is 0 Å². The number of amides is 3. The van der Waals surface area contributed by atoms with Crippen LogP contribution in [0.25, 0.3) is 0 Å². The second-order valence-electron chi connectivity index (χ2n) is 2.98. The number of halogens is 2. The van der Waals surface area contributed by atoms with Gasteiger partial charge in [0.15, 0.2) is 0 Å². The van der Waals surface area contributed by atoms with Gasteiger partial charge in [-0.3, -0.25) is 4.79 Å². The Morgan fingerprint density at radius 1 is 1.40 bits per heavy atom. The Morgan fingerprint density at radius 3 is 2.67 bits per heavy atom. The molecule has 1 aromatic rings. The molecule has 2 rings (SSSR count). The number of urea groups is 1. The highest BCUT2D eigenvalue weighted by molar-refractivity contribution is 14.1. The van der Waals surface area contributed by atoms with Gasteiger partial charge in [0.2, 0.25) is 0 Å². The van der Waals surface area contributed by atoms with Crippen LogP contribution in [0, 0.1) is 3.57 Å². The molecule has 1 aliphatic rings. The summed E-state index contributed by atoms with van der Waals surface area (Å²) in [6.07, 6.45) is 0. The molecule has 0 aromatic heterocycles. The number of hydrogen-bond donors (Lipinski definition) is 1. The summed E-state index contributed by atoms with van der Waals surface area (Å²) in [4.78, 5) is 23.8. The van der Waals surface area contributed by atoms with Crippen LogP contribution in [0.3, 0.4) is 0 Å². The van der Waals surface area contributed by atoms with Gasteiger partial charge in [-0.2, -0.15) is 0 Å². The van der Waals surface area contributed by atoms with Crippen molar-refractivity contribution in [3.63, 3.8) is 0 Å². The first kappa shape index (κ1) is 10.7. The average Bonchev–Trinajstić information content (AvgIpc) is 2.48. The molecule has 0 aliphatic carbocycles. The SMILES string of the molecule is O=C1CNC(=O)N1c1ccc(I)cc1Cl. The van der Waals surface area contributed by atoms with Gasteiger partial charge in [-0.05, 0) is 40.8 Å². The van der Waals surface area contributed by atoms with Crippen LogP contribution in [-0.2, 0) is 4.79 Å². The largest absolute Gasteiger partial charge is 0.329 e. The summed E-state index contributed by atoms with van der Waals surface area (Å²) < 4.78 is 0.952. The minimum atomic E-state index is -0.428. The number of carbonyl (C=O) groups excluding carboxylic acids is 2. The number of rotatable bonds is 1. The van der Waals surface area contributed by atoms with Crippen LogP contribution in [0.15, 0.2) is 18.2 Å². The van der Waals surface area contributed by atoms with Crippen molar-refractivity contribution in [2.24, 2.45) is 0 Å². The molecule has 78 valence electrons. The number of imide groups is 1. The Bertz CT molecular complexity index is 434. The number of nitrogens with zero attached hydrogens (tertiary/aromatic N) is 1. The van der Waals surface area contributed by atoms with Crippen LogP contribution in [0.4, 0.5) is 10.5 Å². The molecule has 1 heterocycles. The van der Waals surface area contributed by atoms with E-state index < -0.39 is 6.03 Å². The van der Waals surface area contributed by atoms with Crippen molar-refractivity contribution in [3.8, 4) is 0 Å². The molecule has 1 fully saturated rings. The summed E-state index contributed by atoms with van der Waals surface area (Å²) in [5.41, 5.74) is 0.428. The van der Waals surface area contributed by atoms with Crippen LogP contribution in [0.1, 0.15) is 0 Å². The van der Waals surface area contributed by atoms with E-state index in [4.69, 9.17) is 11.6 Å². The zero-order chi connectivity index (χ0) is 11.0. The minimum Gasteiger partial charge on any atom is -0.328 e. The highest BCUT2D eigenvalue weighted by Crippen LogP contribution is 2.28. The van der Waals surface area contributed by atoms with Gasteiger partial charge in [-0.1, -0.05) is 11.6 Å². The van der Waals surface area contributed by atoms with Crippen LogP contribution in [-0.4, -0.2) is 18.5 Å². The van der Waals surface area contributed by atoms with Crippen molar-refractivity contribution in [3.05, 3.63) is 26.8 Å². The molecule has 0 bridgehead atoms. The lowest BCUT2D eigenvalue weighted by molar-refractivity contribution is -0.115. The lowest BCUT2D eigenvalue weighted by Gasteiger charge is -2.13. The van der Waals surface area contributed by atoms with Gasteiger partial charge in [-0.15, -0.1) is 0 Å². The fourth-order valence-corrected chi connectivity index (χ4v) is 2.27. The average molecular weight is 337 g/mol. The second kappa shape index (κ2) is 3.97. The molecule has 0 atom stereocenters. The van der Waals surface area contributed by atoms with E-state index in [1.807, 2.05) is 0 Å². The molecule has 6 heteroatoms. The molecular formula is C9H6ClIN2O2. The maximum atomic E-state index is 11.4. The fourth-order valence-electron chi connectivity index (χ4n) is 1.33. The van der Waals surface area contributed by atoms with Gasteiger partial charge < -0.3 is 5.32 Å². The van der Waals surface area contributed by atoms with Gasteiger partial charge in [0, 0.05) is 3.57 Å². The van der Waals surface area contributed by atoms with Gasteiger partial charge >= 0.3 is 6.03 Å². The van der Waals surface area contributed by atoms with Crippen LogP contribution in [0.2, 0.25) is 5.02 Å². The molecule has 15 heavy (non-hydrogen) atoms. The summed E-state index contributed by atoms with van der Waals surface area (Å²) in [6, 6.07) is 4.73. The normalized spacial score (nSPS) is 15.7. The Labute approximate surface area is 105 Å². The number of carbonyl (C=O) groups is 2. The Morgan fingerprint density at radius 2 is 2.13 bits per heavy atom. The van der Waals surface area contributed by atoms with Crippen molar-refractivity contribution in [1.29, 1.82) is 0 Å². The Balaban J connectivity index is 2.45. The maximum absolute atomic E-state index is 11.4. The first-order valence-electron chi connectivity index (χ1n) is 4.15. The van der Waals surface area contributed by atoms with Crippen molar-refractivity contribution in [2.75, 3.05) is 11.4 Å². The standard InChI is InChI=1S/C9H6ClIN2O2/c10-6-3-5(11)1-2-7(6)13-8(14)4-12-9(13)15/h1-3H,4H2,(H,12,15). The fraction of sp³-hybridized carbons (Fsp3) is 0.111. The minimum absolute atomic E-state index is 0.0289. The highest BCUT2D eigenvalue weighted by atomic mass is 127. The quantitative estimate of drug-likeness (QED) is 0.630. The third-order valence-electron chi connectivity index (χ3n) is 1.99. The van der Waals surface area contributed by atoms with Crippen LogP contribution in [0.5, 0.6) is 0 Å². The molecule has 3 amide bonds. The summed E-state index contributed by atoms with van der Waals surface area (Å²) in [7, 11) is 0. The van der Waals surface area contributed by atoms with E-state index in [1.165, 1.54) is 0 Å². The summed E-state index contributed by atoms with van der Waals surface area (Å²) in [5.74, 6) is -0.289. The monoisotopic (exact) mass is 336 g/mol. The molecule has 1 aliphatic heterocycles. The summed E-state index contributed by atoms with van der Waals surface area (Å²) in [6.45, 7) is 0.0289. The van der Waals surface area contributed by atoms with Gasteiger partial charge in [0.05, 0.1) is 17.3 Å². The van der Waals surface area contributed by atoms with E-state index in [9.17, 15) is 9.59 Å². The van der Waals surface area contributed by atoms with Crippen molar-refractivity contribution in [2.45, 2.75) is 0 Å². The number of nitrogens with one attached hydrogen (secondary N) is 1. The maximum Gasteiger partial charge on any atom is 0.329 e. The molecule has 1 aromatic carbocycles. The zero-order valence-electron chi connectivity index (χ0n) is 7.46. The second-order valence-corrected chi connectivity index (χ2v) is 4.64. The van der Waals surface area contributed by atoms with Crippen molar-refractivity contribution >= 4 is 51.8 Å². The Kier molecular flexibility index (Phi) is 2.83. The van der Waals surface area contributed by atoms with Gasteiger partial charge in [-0.25, -0.2) is 9.69 Å². The van der Waals surface area contributed by atoms with Gasteiger partial charge in [0.25, 0.3) is 5.91 Å². The molecule has 1 saturated heterocycles. The topological polar surface area (TPSA) is 49.4 Å². The third-order valence-corrected chi connectivity index (χ3v) is 2.97. The van der Waals surface area contributed by atoms with Crippen molar-refractivity contribution < 1.29 is 9.59 Å². The predicted molar refractivity (Wildman–Crippen MR) is 65.1 cm³/mol. The molecule has 0 unspecified atom stereocenters. The predicted octanol–water partition coefficient (Wildman–Crippen LogP) is 2.00. The van der Waals surface area contributed by atoms with Crippen LogP contribution < -0.4 is 10.2 Å². The molecular weight excluding hydrogens is 330 g/mol. The lowest BCUT2D eigenvalue weighted by Crippen LogP contribution is -2.30. The first-order valence-corrected chi connectivity index (χ1v) is 5.61. The van der Waals surface area contributed by atoms with E-state index in [0.29, 0.717) is 10.7 Å². The molecule has 0 radical (unpaired) electrons. The van der Waals surface area contributed by atoms with Crippen LogP contribution >= 0.6 is 34.2 Å². The third kappa shape index (κ3) is 1.93. The molecule has 4 nitrogen and oxygen atoms in total. The molecule has 0 saturated carbocycles. The number of benzene rings is 1. The summed E-state index contributed by atoms with van der Waals surface area (Å²) in [5, 5.41) is 2.83. The van der Waals surface area contributed by atoms with Crippen molar-refractivity contribution in [1.82, 2.24) is 5.32 Å². The van der Waals surface area contributed by atoms with E-state index in [-0.39, 0.29) is 12.5 Å². The molecule has 1 N–H and O–H groups in total. The van der Waals surface area contributed by atoms with E-state index in [2.05, 4.69) is 27.9 Å². The number of hydrogen-bond acceptors (Lipinski definition) is 2. The lowest BCUT2D eigenvalue weighted by atomic mass is 10.3. The smallest absolute Gasteiger partial charge is 0.328 e. The summed E-state index contributed by atoms with van der Waals surface area (Å²) >= 11 is 8.07. The molecule has 0 spiro atoms. The van der Waals surface area contributed by atoms with E-state index in [0.717, 1.165) is 8.47 Å². The van der Waals surface area contributed by atoms with E-state index in [1.54, 1.807) is 18.2 Å². The Hall–Kier alpha value is -0.820. The number of anilines is 1. The zero-order valence-corrected chi connectivity index (χ0v) is 10.4. The first-order chi connectivity index (χ1) is 7.09.